The van der Waals surface area contributed by atoms with E-state index in [2.05, 4.69) is 61.4 Å². The van der Waals surface area contributed by atoms with Crippen molar-refractivity contribution in [3.8, 4) is 0 Å². The van der Waals surface area contributed by atoms with Gasteiger partial charge in [0.1, 0.15) is 0 Å². The van der Waals surface area contributed by atoms with E-state index in [-0.39, 0.29) is 6.04 Å². The normalized spacial score (nSPS) is 12.6. The number of aromatic nitrogens is 1. The van der Waals surface area contributed by atoms with Crippen LogP contribution in [-0.4, -0.2) is 11.5 Å². The maximum atomic E-state index is 4.23. The number of nitrogens with one attached hydrogen (secondary N) is 1. The molecule has 1 atom stereocenters. The number of nitrogens with zero attached hydrogens (tertiary/aromatic N) is 1. The van der Waals surface area contributed by atoms with Crippen molar-refractivity contribution < 1.29 is 0 Å². The van der Waals surface area contributed by atoms with Crippen LogP contribution in [0.3, 0.4) is 0 Å². The van der Waals surface area contributed by atoms with Crippen molar-refractivity contribution in [1.82, 2.24) is 10.3 Å². The van der Waals surface area contributed by atoms with Gasteiger partial charge in [-0.1, -0.05) is 51.1 Å². The van der Waals surface area contributed by atoms with Gasteiger partial charge in [0.2, 0.25) is 0 Å². The van der Waals surface area contributed by atoms with Crippen molar-refractivity contribution in [2.45, 2.75) is 33.2 Å². The largest absolute Gasteiger partial charge is 0.306 e. The average Bonchev–Trinajstić information content (AvgIpc) is 2.46. The second-order valence-corrected chi connectivity index (χ2v) is 5.62. The maximum Gasteiger partial charge on any atom is 0.0591 e. The molecule has 0 saturated heterocycles. The zero-order chi connectivity index (χ0) is 14.4. The highest BCUT2D eigenvalue weighted by atomic mass is 14.9. The van der Waals surface area contributed by atoms with Crippen LogP contribution >= 0.6 is 0 Å². The van der Waals surface area contributed by atoms with Gasteiger partial charge in [0, 0.05) is 12.4 Å². The highest BCUT2D eigenvalue weighted by Crippen LogP contribution is 2.22. The number of hydrogen-bond donors (Lipinski definition) is 1. The lowest BCUT2D eigenvalue weighted by atomic mass is 9.96. The minimum Gasteiger partial charge on any atom is -0.306 e. The van der Waals surface area contributed by atoms with Gasteiger partial charge in [-0.15, -0.1) is 0 Å². The monoisotopic (exact) mass is 268 g/mol. The van der Waals surface area contributed by atoms with E-state index in [1.54, 1.807) is 0 Å². The third kappa shape index (κ3) is 3.91. The van der Waals surface area contributed by atoms with E-state index in [1.165, 1.54) is 16.7 Å². The molecule has 1 N–H and O–H groups in total. The third-order valence-corrected chi connectivity index (χ3v) is 3.38. The summed E-state index contributed by atoms with van der Waals surface area (Å²) < 4.78 is 0. The molecule has 0 saturated carbocycles. The van der Waals surface area contributed by atoms with Gasteiger partial charge in [0.05, 0.1) is 6.04 Å². The SMILES string of the molecule is CCNC(c1ccc(CC(C)C)cc1)c1cccnc1. The first-order valence-electron chi connectivity index (χ1n) is 7.42. The second-order valence-electron chi connectivity index (χ2n) is 5.62. The average molecular weight is 268 g/mol. The fourth-order valence-electron chi connectivity index (χ4n) is 2.50. The zero-order valence-electron chi connectivity index (χ0n) is 12.6. The molecule has 1 heterocycles. The molecule has 1 aromatic carbocycles. The summed E-state index contributed by atoms with van der Waals surface area (Å²) in [5, 5.41) is 3.54. The smallest absolute Gasteiger partial charge is 0.0591 e. The number of hydrogen-bond acceptors (Lipinski definition) is 2. The van der Waals surface area contributed by atoms with E-state index in [1.807, 2.05) is 18.5 Å². The Bertz CT molecular complexity index is 503. The van der Waals surface area contributed by atoms with Gasteiger partial charge < -0.3 is 5.32 Å². The van der Waals surface area contributed by atoms with Crippen LogP contribution < -0.4 is 5.32 Å². The van der Waals surface area contributed by atoms with E-state index >= 15 is 0 Å². The fourth-order valence-corrected chi connectivity index (χ4v) is 2.50. The lowest BCUT2D eigenvalue weighted by Crippen LogP contribution is -2.22. The standard InChI is InChI=1S/C18H24N2/c1-4-20-18(17-6-5-11-19-13-17)16-9-7-15(8-10-16)12-14(2)3/h5-11,13-14,18,20H,4,12H2,1-3H3. The van der Waals surface area contributed by atoms with Gasteiger partial charge in [0.25, 0.3) is 0 Å². The Morgan fingerprint density at radius 3 is 2.35 bits per heavy atom. The van der Waals surface area contributed by atoms with Crippen LogP contribution in [0.4, 0.5) is 0 Å². The van der Waals surface area contributed by atoms with E-state index in [0.717, 1.165) is 13.0 Å². The van der Waals surface area contributed by atoms with Crippen LogP contribution in [0.25, 0.3) is 0 Å². The summed E-state index contributed by atoms with van der Waals surface area (Å²) >= 11 is 0. The molecule has 0 fully saturated rings. The van der Waals surface area contributed by atoms with Gasteiger partial charge in [-0.25, -0.2) is 0 Å². The Hall–Kier alpha value is -1.67. The molecular formula is C18H24N2. The highest BCUT2D eigenvalue weighted by molar-refractivity contribution is 5.32. The maximum absolute atomic E-state index is 4.23. The summed E-state index contributed by atoms with van der Waals surface area (Å²) in [6, 6.07) is 13.3. The first kappa shape index (κ1) is 14.7. The Kier molecular flexibility index (Phi) is 5.31. The summed E-state index contributed by atoms with van der Waals surface area (Å²) in [6.07, 6.45) is 4.90. The van der Waals surface area contributed by atoms with Crippen LogP contribution in [0.1, 0.15) is 43.5 Å². The number of pyridine rings is 1. The predicted octanol–water partition coefficient (Wildman–Crippen LogP) is 3.98. The summed E-state index contributed by atoms with van der Waals surface area (Å²) in [6.45, 7) is 7.58. The van der Waals surface area contributed by atoms with Crippen molar-refractivity contribution in [2.75, 3.05) is 6.54 Å². The van der Waals surface area contributed by atoms with Crippen LogP contribution in [0, 0.1) is 5.92 Å². The minimum atomic E-state index is 0.224. The summed E-state index contributed by atoms with van der Waals surface area (Å²) in [5.74, 6) is 0.698. The molecule has 2 rings (SSSR count). The van der Waals surface area contributed by atoms with Crippen LogP contribution in [-0.2, 0) is 6.42 Å². The second kappa shape index (κ2) is 7.20. The number of benzene rings is 1. The number of rotatable bonds is 6. The summed E-state index contributed by atoms with van der Waals surface area (Å²) in [4.78, 5) is 4.23. The summed E-state index contributed by atoms with van der Waals surface area (Å²) in [5.41, 5.74) is 3.92. The molecule has 2 aromatic rings. The Balaban J connectivity index is 2.21. The molecule has 0 aliphatic carbocycles. The predicted molar refractivity (Wildman–Crippen MR) is 84.7 cm³/mol. The van der Waals surface area contributed by atoms with Crippen molar-refractivity contribution in [3.05, 3.63) is 65.5 Å². The molecule has 2 nitrogen and oxygen atoms in total. The van der Waals surface area contributed by atoms with Crippen molar-refractivity contribution >= 4 is 0 Å². The van der Waals surface area contributed by atoms with Crippen molar-refractivity contribution in [2.24, 2.45) is 5.92 Å². The first-order chi connectivity index (χ1) is 9.70. The van der Waals surface area contributed by atoms with E-state index in [9.17, 15) is 0 Å². The molecule has 0 bridgehead atoms. The molecule has 0 radical (unpaired) electrons. The molecule has 2 heteroatoms. The molecule has 0 aliphatic rings. The van der Waals surface area contributed by atoms with Gasteiger partial charge in [-0.3, -0.25) is 4.98 Å². The molecule has 20 heavy (non-hydrogen) atoms. The molecule has 0 spiro atoms. The lowest BCUT2D eigenvalue weighted by Gasteiger charge is -2.19. The summed E-state index contributed by atoms with van der Waals surface area (Å²) in [7, 11) is 0. The van der Waals surface area contributed by atoms with E-state index in [0.29, 0.717) is 5.92 Å². The van der Waals surface area contributed by atoms with Crippen molar-refractivity contribution in [3.63, 3.8) is 0 Å². The van der Waals surface area contributed by atoms with Gasteiger partial charge in [0.15, 0.2) is 0 Å². The topological polar surface area (TPSA) is 24.9 Å². The Morgan fingerprint density at radius 1 is 1.05 bits per heavy atom. The van der Waals surface area contributed by atoms with Gasteiger partial charge >= 0.3 is 0 Å². The van der Waals surface area contributed by atoms with E-state index in [4.69, 9.17) is 0 Å². The van der Waals surface area contributed by atoms with E-state index < -0.39 is 0 Å². The Labute approximate surface area is 122 Å². The quantitative estimate of drug-likeness (QED) is 0.857. The van der Waals surface area contributed by atoms with Crippen LogP contribution in [0.5, 0.6) is 0 Å². The first-order valence-corrected chi connectivity index (χ1v) is 7.42. The zero-order valence-corrected chi connectivity index (χ0v) is 12.6. The third-order valence-electron chi connectivity index (χ3n) is 3.38. The Morgan fingerprint density at radius 2 is 1.80 bits per heavy atom. The molecule has 1 aromatic heterocycles. The molecule has 106 valence electrons. The fraction of sp³-hybridized carbons (Fsp3) is 0.389. The molecule has 1 unspecified atom stereocenters. The van der Waals surface area contributed by atoms with Crippen LogP contribution in [0.2, 0.25) is 0 Å². The minimum absolute atomic E-state index is 0.224. The van der Waals surface area contributed by atoms with Gasteiger partial charge in [-0.2, -0.15) is 0 Å². The molecule has 0 amide bonds. The highest BCUT2D eigenvalue weighted by Gasteiger charge is 2.12. The molecule has 0 aliphatic heterocycles. The lowest BCUT2D eigenvalue weighted by molar-refractivity contribution is 0.626. The molecular weight excluding hydrogens is 244 g/mol. The van der Waals surface area contributed by atoms with Gasteiger partial charge in [-0.05, 0) is 41.6 Å². The van der Waals surface area contributed by atoms with Crippen LogP contribution in [0.15, 0.2) is 48.8 Å². The van der Waals surface area contributed by atoms with Crippen molar-refractivity contribution in [1.29, 1.82) is 0 Å².